The first kappa shape index (κ1) is 14.1. The number of thiazole rings is 1. The molecule has 0 aromatic carbocycles. The lowest BCUT2D eigenvalue weighted by Crippen LogP contribution is -2.39. The molecule has 0 amide bonds. The number of carboxylic acids is 1. The van der Waals surface area contributed by atoms with Crippen molar-refractivity contribution >= 4 is 17.3 Å². The molecule has 1 aromatic heterocycles. The molecule has 0 spiro atoms. The maximum atomic E-state index is 11.3. The lowest BCUT2D eigenvalue weighted by atomic mass is 9.82. The van der Waals surface area contributed by atoms with Crippen molar-refractivity contribution in [2.45, 2.75) is 40.2 Å². The predicted molar refractivity (Wildman–Crippen MR) is 69.2 cm³/mol. The van der Waals surface area contributed by atoms with Crippen molar-refractivity contribution in [2.75, 3.05) is 6.54 Å². The van der Waals surface area contributed by atoms with E-state index in [4.69, 9.17) is 0 Å². The van der Waals surface area contributed by atoms with Gasteiger partial charge in [0, 0.05) is 18.0 Å². The number of carboxylic acid groups (broad SMARTS) is 1. The number of nitrogens with one attached hydrogen (secondary N) is 1. The summed E-state index contributed by atoms with van der Waals surface area (Å²) in [7, 11) is 0. The summed E-state index contributed by atoms with van der Waals surface area (Å²) in [6.45, 7) is 7.03. The highest BCUT2D eigenvalue weighted by Gasteiger charge is 2.34. The van der Waals surface area contributed by atoms with Crippen LogP contribution in [-0.2, 0) is 11.3 Å². The molecule has 1 heterocycles. The molecule has 1 aromatic rings. The maximum Gasteiger partial charge on any atom is 0.310 e. The van der Waals surface area contributed by atoms with Crippen LogP contribution in [0.2, 0.25) is 0 Å². The van der Waals surface area contributed by atoms with Crippen LogP contribution in [0.3, 0.4) is 0 Å². The van der Waals surface area contributed by atoms with Crippen LogP contribution in [-0.4, -0.2) is 22.6 Å². The molecule has 2 N–H and O–H groups in total. The lowest BCUT2D eigenvalue weighted by Gasteiger charge is -2.26. The molecule has 96 valence electrons. The third-order valence-corrected chi connectivity index (χ3v) is 4.34. The second kappa shape index (κ2) is 6.12. The topological polar surface area (TPSA) is 62.2 Å². The Morgan fingerprint density at radius 1 is 1.53 bits per heavy atom. The van der Waals surface area contributed by atoms with Gasteiger partial charge < -0.3 is 10.4 Å². The van der Waals surface area contributed by atoms with Crippen LogP contribution in [0.25, 0.3) is 0 Å². The first-order valence-corrected chi connectivity index (χ1v) is 6.76. The van der Waals surface area contributed by atoms with Gasteiger partial charge in [-0.2, -0.15) is 0 Å². The van der Waals surface area contributed by atoms with Crippen LogP contribution in [0.1, 0.15) is 37.3 Å². The van der Waals surface area contributed by atoms with Gasteiger partial charge in [-0.15, -0.1) is 11.3 Å². The Bertz CT molecular complexity index is 372. The van der Waals surface area contributed by atoms with Gasteiger partial charge in [-0.1, -0.05) is 13.8 Å². The fourth-order valence-corrected chi connectivity index (χ4v) is 2.54. The lowest BCUT2D eigenvalue weighted by molar-refractivity contribution is -0.149. The zero-order valence-corrected chi connectivity index (χ0v) is 11.4. The molecule has 5 heteroatoms. The molecule has 0 unspecified atom stereocenters. The zero-order valence-electron chi connectivity index (χ0n) is 10.6. The van der Waals surface area contributed by atoms with E-state index in [9.17, 15) is 9.90 Å². The Balaban J connectivity index is 2.54. The number of aliphatic carboxylic acids is 1. The van der Waals surface area contributed by atoms with E-state index in [1.165, 1.54) is 4.88 Å². The molecule has 0 radical (unpaired) electrons. The van der Waals surface area contributed by atoms with Gasteiger partial charge in [-0.25, -0.2) is 4.98 Å². The summed E-state index contributed by atoms with van der Waals surface area (Å²) in [5.74, 6) is -0.712. The van der Waals surface area contributed by atoms with Gasteiger partial charge >= 0.3 is 5.97 Å². The molecule has 0 atom stereocenters. The first-order valence-electron chi connectivity index (χ1n) is 5.88. The van der Waals surface area contributed by atoms with Gasteiger partial charge in [0.25, 0.3) is 0 Å². The molecule has 0 aliphatic carbocycles. The number of hydrogen-bond acceptors (Lipinski definition) is 4. The van der Waals surface area contributed by atoms with E-state index in [1.54, 1.807) is 11.3 Å². The summed E-state index contributed by atoms with van der Waals surface area (Å²) in [4.78, 5) is 16.6. The van der Waals surface area contributed by atoms with Crippen LogP contribution in [0, 0.1) is 12.3 Å². The van der Waals surface area contributed by atoms with Crippen LogP contribution < -0.4 is 5.32 Å². The van der Waals surface area contributed by atoms with Gasteiger partial charge in [0.2, 0.25) is 0 Å². The molecule has 0 aliphatic rings. The van der Waals surface area contributed by atoms with E-state index in [0.29, 0.717) is 25.9 Å². The van der Waals surface area contributed by atoms with Crippen molar-refractivity contribution in [3.63, 3.8) is 0 Å². The average Bonchev–Trinajstić information content (AvgIpc) is 2.70. The van der Waals surface area contributed by atoms with Crippen LogP contribution in [0.15, 0.2) is 5.51 Å². The van der Waals surface area contributed by atoms with E-state index < -0.39 is 11.4 Å². The normalized spacial score (nSPS) is 11.7. The molecular weight excluding hydrogens is 236 g/mol. The van der Waals surface area contributed by atoms with Crippen molar-refractivity contribution in [1.82, 2.24) is 10.3 Å². The SMILES string of the molecule is CCC(CC)(CNCc1scnc1C)C(=O)O. The molecule has 0 saturated carbocycles. The second-order valence-electron chi connectivity index (χ2n) is 4.26. The van der Waals surface area contributed by atoms with Crippen LogP contribution >= 0.6 is 11.3 Å². The van der Waals surface area contributed by atoms with E-state index in [0.717, 1.165) is 5.69 Å². The molecule has 1 rings (SSSR count). The number of rotatable bonds is 7. The molecular formula is C12H20N2O2S. The smallest absolute Gasteiger partial charge is 0.310 e. The summed E-state index contributed by atoms with van der Waals surface area (Å²) in [6, 6.07) is 0. The highest BCUT2D eigenvalue weighted by atomic mass is 32.1. The Hall–Kier alpha value is -0.940. The number of nitrogens with zero attached hydrogens (tertiary/aromatic N) is 1. The molecule has 0 aliphatic heterocycles. The van der Waals surface area contributed by atoms with Gasteiger partial charge in [-0.05, 0) is 19.8 Å². The average molecular weight is 256 g/mol. The van der Waals surface area contributed by atoms with E-state index in [2.05, 4.69) is 10.3 Å². The number of aromatic nitrogens is 1. The largest absolute Gasteiger partial charge is 0.481 e. The molecule has 17 heavy (non-hydrogen) atoms. The minimum atomic E-state index is -0.712. The summed E-state index contributed by atoms with van der Waals surface area (Å²) in [5.41, 5.74) is 2.20. The van der Waals surface area contributed by atoms with Gasteiger partial charge in [-0.3, -0.25) is 4.79 Å². The van der Waals surface area contributed by atoms with E-state index in [-0.39, 0.29) is 0 Å². The first-order chi connectivity index (χ1) is 8.05. The van der Waals surface area contributed by atoms with Crippen LogP contribution in [0.5, 0.6) is 0 Å². The van der Waals surface area contributed by atoms with Crippen molar-refractivity contribution in [2.24, 2.45) is 5.41 Å². The summed E-state index contributed by atoms with van der Waals surface area (Å²) in [5, 5.41) is 12.5. The second-order valence-corrected chi connectivity index (χ2v) is 5.20. The Morgan fingerprint density at radius 2 is 2.18 bits per heavy atom. The van der Waals surface area contributed by atoms with Gasteiger partial charge in [0.15, 0.2) is 0 Å². The number of aryl methyl sites for hydroxylation is 1. The van der Waals surface area contributed by atoms with Crippen molar-refractivity contribution in [3.8, 4) is 0 Å². The van der Waals surface area contributed by atoms with Crippen molar-refractivity contribution in [3.05, 3.63) is 16.1 Å². The number of hydrogen-bond donors (Lipinski definition) is 2. The molecule has 0 bridgehead atoms. The third-order valence-electron chi connectivity index (χ3n) is 3.40. The quantitative estimate of drug-likeness (QED) is 0.786. The zero-order chi connectivity index (χ0) is 12.9. The number of carbonyl (C=O) groups is 1. The van der Waals surface area contributed by atoms with E-state index >= 15 is 0 Å². The van der Waals surface area contributed by atoms with Gasteiger partial charge in [0.1, 0.15) is 0 Å². The third kappa shape index (κ3) is 3.26. The van der Waals surface area contributed by atoms with Crippen molar-refractivity contribution < 1.29 is 9.90 Å². The fraction of sp³-hybridized carbons (Fsp3) is 0.667. The minimum Gasteiger partial charge on any atom is -0.481 e. The summed E-state index contributed by atoms with van der Waals surface area (Å²) in [6.07, 6.45) is 1.29. The Labute approximate surface area is 106 Å². The van der Waals surface area contributed by atoms with E-state index in [1.807, 2.05) is 26.3 Å². The maximum absolute atomic E-state index is 11.3. The highest BCUT2D eigenvalue weighted by molar-refractivity contribution is 7.09. The predicted octanol–water partition coefficient (Wildman–Crippen LogP) is 2.43. The van der Waals surface area contributed by atoms with Gasteiger partial charge in [0.05, 0.1) is 16.6 Å². The minimum absolute atomic E-state index is 0.507. The standard InChI is InChI=1S/C12H20N2O2S/c1-4-12(5-2,11(15)16)7-13-6-10-9(3)14-8-17-10/h8,13H,4-7H2,1-3H3,(H,15,16). The van der Waals surface area contributed by atoms with Crippen molar-refractivity contribution in [1.29, 1.82) is 0 Å². The summed E-state index contributed by atoms with van der Waals surface area (Å²) < 4.78 is 0. The fourth-order valence-electron chi connectivity index (χ4n) is 1.79. The molecule has 0 saturated heterocycles. The Morgan fingerprint density at radius 3 is 2.59 bits per heavy atom. The summed E-state index contributed by atoms with van der Waals surface area (Å²) >= 11 is 1.60. The molecule has 4 nitrogen and oxygen atoms in total. The highest BCUT2D eigenvalue weighted by Crippen LogP contribution is 2.26. The Kier molecular flexibility index (Phi) is 5.08. The van der Waals surface area contributed by atoms with Crippen LogP contribution in [0.4, 0.5) is 0 Å². The monoisotopic (exact) mass is 256 g/mol. The molecule has 0 fully saturated rings.